The van der Waals surface area contributed by atoms with Gasteiger partial charge in [-0.2, -0.15) is 0 Å². The van der Waals surface area contributed by atoms with Crippen LogP contribution in [0.15, 0.2) is 35.2 Å². The van der Waals surface area contributed by atoms with Crippen molar-refractivity contribution in [2.45, 2.75) is 17.3 Å². The predicted octanol–water partition coefficient (Wildman–Crippen LogP) is 4.41. The third-order valence-electron chi connectivity index (χ3n) is 2.95. The Bertz CT molecular complexity index is 723. The molecule has 2 aromatic rings. The summed E-state index contributed by atoms with van der Waals surface area (Å²) in [5.41, 5.74) is 0.898. The minimum atomic E-state index is -0.160. The Morgan fingerprint density at radius 2 is 2.21 bits per heavy atom. The molecule has 2 N–H and O–H groups in total. The summed E-state index contributed by atoms with van der Waals surface area (Å²) >= 11 is 14.6. The van der Waals surface area contributed by atoms with Gasteiger partial charge in [0, 0.05) is 6.54 Å². The molecule has 1 atom stereocenters. The van der Waals surface area contributed by atoms with Crippen molar-refractivity contribution in [3.63, 3.8) is 0 Å². The van der Waals surface area contributed by atoms with E-state index >= 15 is 0 Å². The van der Waals surface area contributed by atoms with Crippen LogP contribution in [0, 0.1) is 0 Å². The van der Waals surface area contributed by atoms with Gasteiger partial charge in [-0.25, -0.2) is 0 Å². The number of benzene rings is 1. The summed E-state index contributed by atoms with van der Waals surface area (Å²) in [5, 5.41) is 15.7. The molecule has 0 aliphatic heterocycles. The number of amides is 1. The lowest BCUT2D eigenvalue weighted by Gasteiger charge is -2.14. The topological polar surface area (TPSA) is 66.9 Å². The molecular formula is C15H16Cl2N4OS2. The number of thioether (sulfide) groups is 1. The summed E-state index contributed by atoms with van der Waals surface area (Å²) in [4.78, 5) is 12.1. The van der Waals surface area contributed by atoms with Gasteiger partial charge in [0.05, 0.1) is 21.8 Å². The highest BCUT2D eigenvalue weighted by molar-refractivity contribution is 8.01. The van der Waals surface area contributed by atoms with E-state index in [1.165, 1.54) is 23.1 Å². The maximum atomic E-state index is 12.1. The molecule has 0 radical (unpaired) electrons. The van der Waals surface area contributed by atoms with Crippen LogP contribution in [0.25, 0.3) is 0 Å². The lowest BCUT2D eigenvalue weighted by molar-refractivity contribution is -0.119. The molecule has 1 aromatic heterocycles. The average Bonchev–Trinajstić information content (AvgIpc) is 3.01. The van der Waals surface area contributed by atoms with Crippen molar-refractivity contribution in [3.8, 4) is 0 Å². The lowest BCUT2D eigenvalue weighted by atomic mass is 10.1. The number of carbonyl (C=O) groups is 1. The minimum absolute atomic E-state index is 0.0885. The Kier molecular flexibility index (Phi) is 7.36. The monoisotopic (exact) mass is 402 g/mol. The van der Waals surface area contributed by atoms with Gasteiger partial charge in [-0.15, -0.1) is 16.8 Å². The Labute approximate surface area is 158 Å². The van der Waals surface area contributed by atoms with Gasteiger partial charge in [-0.1, -0.05) is 58.4 Å². The number of halogens is 2. The molecule has 0 spiro atoms. The van der Waals surface area contributed by atoms with Crippen molar-refractivity contribution < 1.29 is 4.79 Å². The largest absolute Gasteiger partial charge is 0.357 e. The Balaban J connectivity index is 1.83. The van der Waals surface area contributed by atoms with Crippen LogP contribution in [0.1, 0.15) is 18.5 Å². The van der Waals surface area contributed by atoms with Crippen molar-refractivity contribution in [2.75, 3.05) is 17.6 Å². The molecule has 0 aliphatic carbocycles. The quantitative estimate of drug-likeness (QED) is 0.505. The number of aromatic nitrogens is 2. The van der Waals surface area contributed by atoms with Crippen molar-refractivity contribution in [3.05, 3.63) is 46.5 Å². The van der Waals surface area contributed by atoms with Gasteiger partial charge in [0.1, 0.15) is 0 Å². The van der Waals surface area contributed by atoms with E-state index in [2.05, 4.69) is 27.4 Å². The minimum Gasteiger partial charge on any atom is -0.357 e. The molecule has 0 saturated heterocycles. The highest BCUT2D eigenvalue weighted by atomic mass is 35.5. The molecule has 0 fully saturated rings. The van der Waals surface area contributed by atoms with Crippen LogP contribution in [-0.2, 0) is 4.79 Å². The number of nitrogens with one attached hydrogen (secondary N) is 2. The van der Waals surface area contributed by atoms with E-state index < -0.39 is 0 Å². The second-order valence-corrected chi connectivity index (χ2v) is 7.81. The van der Waals surface area contributed by atoms with Crippen molar-refractivity contribution in [2.24, 2.45) is 0 Å². The van der Waals surface area contributed by atoms with Gasteiger partial charge in [-0.05, 0) is 24.6 Å². The average molecular weight is 403 g/mol. The van der Waals surface area contributed by atoms with Crippen molar-refractivity contribution >= 4 is 57.3 Å². The lowest BCUT2D eigenvalue weighted by Crippen LogP contribution is -2.28. The summed E-state index contributed by atoms with van der Waals surface area (Å²) in [6, 6.07) is 5.15. The normalized spacial score (nSPS) is 11.8. The summed E-state index contributed by atoms with van der Waals surface area (Å²) in [6.07, 6.45) is 1.74. The highest BCUT2D eigenvalue weighted by Crippen LogP contribution is 2.27. The molecule has 5 nitrogen and oxygen atoms in total. The number of nitrogens with zero attached hydrogens (tertiary/aromatic N) is 2. The maximum Gasteiger partial charge on any atom is 0.230 e. The predicted molar refractivity (Wildman–Crippen MR) is 102 cm³/mol. The van der Waals surface area contributed by atoms with Crippen molar-refractivity contribution in [1.82, 2.24) is 15.5 Å². The second-order valence-electron chi connectivity index (χ2n) is 4.79. The van der Waals surface area contributed by atoms with Gasteiger partial charge >= 0.3 is 0 Å². The number of carbonyl (C=O) groups excluding carboxylic acids is 1. The van der Waals surface area contributed by atoms with E-state index in [4.69, 9.17) is 23.2 Å². The summed E-state index contributed by atoms with van der Waals surface area (Å²) in [7, 11) is 0. The fraction of sp³-hybridized carbons (Fsp3) is 0.267. The number of hydrogen-bond acceptors (Lipinski definition) is 6. The zero-order valence-corrected chi connectivity index (χ0v) is 16.0. The third kappa shape index (κ3) is 5.66. The van der Waals surface area contributed by atoms with E-state index in [0.717, 1.165) is 9.90 Å². The zero-order chi connectivity index (χ0) is 17.5. The SMILES string of the molecule is C=CCNc1nnc(SCC(=O)NC(C)c2ccc(Cl)c(Cl)c2)s1. The maximum absolute atomic E-state index is 12.1. The van der Waals surface area contributed by atoms with Crippen LogP contribution < -0.4 is 10.6 Å². The number of hydrogen-bond donors (Lipinski definition) is 2. The van der Waals surface area contributed by atoms with E-state index in [1.54, 1.807) is 18.2 Å². The molecule has 0 aliphatic rings. The Hall–Kier alpha value is -1.28. The standard InChI is InChI=1S/C15H16Cl2N4OS2/c1-3-6-18-14-20-21-15(24-14)23-8-13(22)19-9(2)10-4-5-11(16)12(17)7-10/h3-5,7,9H,1,6,8H2,2H3,(H,18,20)(H,19,22). The molecule has 1 amide bonds. The Morgan fingerprint density at radius 3 is 2.92 bits per heavy atom. The third-order valence-corrected chi connectivity index (χ3v) is 5.71. The highest BCUT2D eigenvalue weighted by Gasteiger charge is 2.13. The summed E-state index contributed by atoms with van der Waals surface area (Å²) < 4.78 is 0.735. The first-order chi connectivity index (χ1) is 11.5. The zero-order valence-electron chi connectivity index (χ0n) is 12.9. The molecule has 9 heteroatoms. The van der Waals surface area contributed by atoms with E-state index in [1.807, 2.05) is 13.0 Å². The van der Waals surface area contributed by atoms with Gasteiger partial charge < -0.3 is 10.6 Å². The van der Waals surface area contributed by atoms with Crippen LogP contribution in [-0.4, -0.2) is 28.4 Å². The van der Waals surface area contributed by atoms with E-state index in [0.29, 0.717) is 21.7 Å². The second kappa shape index (κ2) is 9.27. The van der Waals surface area contributed by atoms with Gasteiger partial charge in [0.15, 0.2) is 4.34 Å². The summed E-state index contributed by atoms with van der Waals surface area (Å²) in [5.74, 6) is 0.177. The van der Waals surface area contributed by atoms with Gasteiger partial charge in [0.25, 0.3) is 0 Å². The Morgan fingerprint density at radius 1 is 1.42 bits per heavy atom. The van der Waals surface area contributed by atoms with Gasteiger partial charge in [-0.3, -0.25) is 4.79 Å². The van der Waals surface area contributed by atoms with E-state index in [-0.39, 0.29) is 17.7 Å². The molecule has 0 bridgehead atoms. The van der Waals surface area contributed by atoms with Crippen LogP contribution in [0.5, 0.6) is 0 Å². The van der Waals surface area contributed by atoms with Crippen molar-refractivity contribution in [1.29, 1.82) is 0 Å². The molecule has 0 saturated carbocycles. The van der Waals surface area contributed by atoms with Gasteiger partial charge in [0.2, 0.25) is 11.0 Å². The first kappa shape index (κ1) is 19.1. The first-order valence-corrected chi connectivity index (χ1v) is 9.60. The van der Waals surface area contributed by atoms with E-state index in [9.17, 15) is 4.79 Å². The molecule has 128 valence electrons. The van der Waals surface area contributed by atoms with Crippen LogP contribution >= 0.6 is 46.3 Å². The molecule has 2 rings (SSSR count). The smallest absolute Gasteiger partial charge is 0.230 e. The fourth-order valence-electron chi connectivity index (χ4n) is 1.77. The molecule has 1 unspecified atom stereocenters. The van der Waals surface area contributed by atoms with Crippen LogP contribution in [0.2, 0.25) is 10.0 Å². The first-order valence-electron chi connectivity index (χ1n) is 7.05. The fourth-order valence-corrected chi connectivity index (χ4v) is 3.65. The summed E-state index contributed by atoms with van der Waals surface area (Å²) in [6.45, 7) is 6.14. The number of rotatable bonds is 8. The van der Waals surface area contributed by atoms with Crippen LogP contribution in [0.4, 0.5) is 5.13 Å². The molecular weight excluding hydrogens is 387 g/mol. The molecule has 1 heterocycles. The number of anilines is 1. The van der Waals surface area contributed by atoms with Crippen LogP contribution in [0.3, 0.4) is 0 Å². The molecule has 1 aromatic carbocycles. The molecule has 24 heavy (non-hydrogen) atoms.